The second-order valence-electron chi connectivity index (χ2n) is 3.99. The van der Waals surface area contributed by atoms with Crippen LogP contribution in [-0.2, 0) is 4.79 Å². The average molecular weight is 261 g/mol. The molecule has 0 spiro atoms. The van der Waals surface area contributed by atoms with Crippen LogP contribution in [-0.4, -0.2) is 17.9 Å². The van der Waals surface area contributed by atoms with E-state index >= 15 is 0 Å². The molecule has 2 heterocycles. The third-order valence-electron chi connectivity index (χ3n) is 2.82. The molecule has 2 aromatic heterocycles. The molecule has 0 aliphatic carbocycles. The molecule has 0 saturated heterocycles. The van der Waals surface area contributed by atoms with Crippen LogP contribution in [0.1, 0.15) is 23.6 Å². The molecule has 0 N–H and O–H groups in total. The molecular weight excluding hydrogens is 246 g/mol. The van der Waals surface area contributed by atoms with E-state index in [0.717, 1.165) is 0 Å². The van der Waals surface area contributed by atoms with Crippen molar-refractivity contribution in [3.63, 3.8) is 0 Å². The van der Waals surface area contributed by atoms with Gasteiger partial charge in [-0.15, -0.1) is 11.3 Å². The van der Waals surface area contributed by atoms with Gasteiger partial charge < -0.3 is 9.32 Å². The monoisotopic (exact) mass is 261 g/mol. The highest BCUT2D eigenvalue weighted by molar-refractivity contribution is 7.10. The van der Waals surface area contributed by atoms with E-state index < -0.39 is 0 Å². The Morgan fingerprint density at radius 1 is 1.44 bits per heavy atom. The summed E-state index contributed by atoms with van der Waals surface area (Å²) < 4.78 is 5.14. The van der Waals surface area contributed by atoms with Gasteiger partial charge in [0.2, 0.25) is 5.91 Å². The summed E-state index contributed by atoms with van der Waals surface area (Å²) in [7, 11) is 1.80. The lowest BCUT2D eigenvalue weighted by Crippen LogP contribution is -2.27. The molecule has 0 fully saturated rings. The molecule has 3 nitrogen and oxygen atoms in total. The lowest BCUT2D eigenvalue weighted by Gasteiger charge is -2.22. The predicted molar refractivity (Wildman–Crippen MR) is 73.2 cm³/mol. The lowest BCUT2D eigenvalue weighted by molar-refractivity contribution is -0.126. The number of rotatable bonds is 4. The van der Waals surface area contributed by atoms with Crippen molar-refractivity contribution < 1.29 is 9.21 Å². The van der Waals surface area contributed by atoms with Gasteiger partial charge in [0.15, 0.2) is 0 Å². The summed E-state index contributed by atoms with van der Waals surface area (Å²) >= 11 is 1.66. The molecule has 1 atom stereocenters. The molecular formula is C14H15NO2S. The van der Waals surface area contributed by atoms with Crippen LogP contribution < -0.4 is 0 Å². The van der Waals surface area contributed by atoms with Crippen molar-refractivity contribution in [1.29, 1.82) is 0 Å². The zero-order valence-corrected chi connectivity index (χ0v) is 11.2. The van der Waals surface area contributed by atoms with E-state index in [1.54, 1.807) is 41.7 Å². The van der Waals surface area contributed by atoms with Crippen LogP contribution >= 0.6 is 11.3 Å². The zero-order valence-electron chi connectivity index (χ0n) is 10.4. The molecule has 0 aliphatic heterocycles. The van der Waals surface area contributed by atoms with Gasteiger partial charge in [-0.2, -0.15) is 0 Å². The Hall–Kier alpha value is -1.81. The molecule has 2 rings (SSSR count). The van der Waals surface area contributed by atoms with Gasteiger partial charge in [0.1, 0.15) is 5.76 Å². The van der Waals surface area contributed by atoms with Crippen LogP contribution in [0.15, 0.2) is 46.4 Å². The van der Waals surface area contributed by atoms with Gasteiger partial charge >= 0.3 is 0 Å². The van der Waals surface area contributed by atoms with Crippen LogP contribution in [0.4, 0.5) is 0 Å². The topological polar surface area (TPSA) is 33.5 Å². The highest BCUT2D eigenvalue weighted by Gasteiger charge is 2.15. The third-order valence-corrected chi connectivity index (χ3v) is 3.86. The molecule has 94 valence electrons. The molecule has 2 aromatic rings. The molecule has 0 aliphatic rings. The quantitative estimate of drug-likeness (QED) is 0.788. The van der Waals surface area contributed by atoms with E-state index in [1.807, 2.05) is 30.5 Å². The minimum absolute atomic E-state index is 0.0349. The minimum Gasteiger partial charge on any atom is -0.465 e. The lowest BCUT2D eigenvalue weighted by atomic mass is 10.2. The van der Waals surface area contributed by atoms with Crippen molar-refractivity contribution in [1.82, 2.24) is 4.90 Å². The van der Waals surface area contributed by atoms with Crippen LogP contribution in [0, 0.1) is 0 Å². The third kappa shape index (κ3) is 2.90. The Kier molecular flexibility index (Phi) is 3.99. The van der Waals surface area contributed by atoms with Crippen molar-refractivity contribution >= 4 is 23.3 Å². The fraction of sp³-hybridized carbons (Fsp3) is 0.214. The van der Waals surface area contributed by atoms with Crippen LogP contribution in [0.3, 0.4) is 0 Å². The first-order valence-electron chi connectivity index (χ1n) is 5.70. The first-order valence-corrected chi connectivity index (χ1v) is 6.58. The van der Waals surface area contributed by atoms with Crippen molar-refractivity contribution in [3.8, 4) is 0 Å². The van der Waals surface area contributed by atoms with Crippen molar-refractivity contribution in [3.05, 3.63) is 52.6 Å². The largest absolute Gasteiger partial charge is 0.465 e. The maximum absolute atomic E-state index is 12.0. The molecule has 0 saturated carbocycles. The van der Waals surface area contributed by atoms with E-state index in [4.69, 9.17) is 4.42 Å². The Morgan fingerprint density at radius 2 is 2.28 bits per heavy atom. The number of carbonyl (C=O) groups is 1. The fourth-order valence-electron chi connectivity index (χ4n) is 1.57. The van der Waals surface area contributed by atoms with Crippen molar-refractivity contribution in [2.24, 2.45) is 0 Å². The number of hydrogen-bond acceptors (Lipinski definition) is 3. The molecule has 0 aromatic carbocycles. The van der Waals surface area contributed by atoms with Gasteiger partial charge in [0.05, 0.1) is 12.3 Å². The molecule has 1 amide bonds. The smallest absolute Gasteiger partial charge is 0.246 e. The number of nitrogens with zero attached hydrogens (tertiary/aromatic N) is 1. The van der Waals surface area contributed by atoms with Gasteiger partial charge in [-0.25, -0.2) is 0 Å². The summed E-state index contributed by atoms with van der Waals surface area (Å²) in [5, 5.41) is 2.02. The average Bonchev–Trinajstić information content (AvgIpc) is 3.06. The number of furan rings is 1. The SMILES string of the molecule is C[C@@H](c1cccs1)N(C)C(=O)/C=C/c1ccco1. The van der Waals surface area contributed by atoms with Crippen LogP contribution in [0.25, 0.3) is 6.08 Å². The summed E-state index contributed by atoms with van der Waals surface area (Å²) in [6.07, 6.45) is 4.80. The maximum Gasteiger partial charge on any atom is 0.246 e. The number of hydrogen-bond donors (Lipinski definition) is 0. The summed E-state index contributed by atoms with van der Waals surface area (Å²) in [4.78, 5) is 14.9. The first-order chi connectivity index (χ1) is 8.68. The van der Waals surface area contributed by atoms with Gasteiger partial charge in [0, 0.05) is 18.0 Å². The van der Waals surface area contributed by atoms with E-state index in [1.165, 1.54) is 11.0 Å². The first kappa shape index (κ1) is 12.6. The van der Waals surface area contributed by atoms with E-state index in [0.29, 0.717) is 5.76 Å². The van der Waals surface area contributed by atoms with Gasteiger partial charge in [-0.1, -0.05) is 6.07 Å². The fourth-order valence-corrected chi connectivity index (χ4v) is 2.39. The molecule has 0 radical (unpaired) electrons. The molecule has 18 heavy (non-hydrogen) atoms. The second-order valence-corrected chi connectivity index (χ2v) is 4.97. The maximum atomic E-state index is 12.0. The van der Waals surface area contributed by atoms with Crippen LogP contribution in [0.5, 0.6) is 0 Å². The Labute approximate surface area is 110 Å². The zero-order chi connectivity index (χ0) is 13.0. The Bertz CT molecular complexity index is 514. The van der Waals surface area contributed by atoms with E-state index in [9.17, 15) is 4.79 Å². The predicted octanol–water partition coefficient (Wildman–Crippen LogP) is 3.57. The highest BCUT2D eigenvalue weighted by atomic mass is 32.1. The molecule has 0 unspecified atom stereocenters. The Balaban J connectivity index is 2.01. The standard InChI is InChI=1S/C14H15NO2S/c1-11(13-6-4-10-18-13)15(2)14(16)8-7-12-5-3-9-17-12/h3-11H,1-2H3/b8-7+/t11-/m0/s1. The second kappa shape index (κ2) is 5.69. The van der Waals surface area contributed by atoms with E-state index in [2.05, 4.69) is 0 Å². The van der Waals surface area contributed by atoms with Gasteiger partial charge in [-0.05, 0) is 36.6 Å². The number of likely N-dealkylation sites (N-methyl/N-ethyl adjacent to an activating group) is 1. The summed E-state index contributed by atoms with van der Waals surface area (Å²) in [5.74, 6) is 0.646. The number of carbonyl (C=O) groups excluding carboxylic acids is 1. The minimum atomic E-state index is -0.0349. The Morgan fingerprint density at radius 3 is 2.89 bits per heavy atom. The van der Waals surface area contributed by atoms with E-state index in [-0.39, 0.29) is 11.9 Å². The van der Waals surface area contributed by atoms with Gasteiger partial charge in [0.25, 0.3) is 0 Å². The molecule has 0 bridgehead atoms. The normalized spacial score (nSPS) is 12.8. The summed E-state index contributed by atoms with van der Waals surface area (Å²) in [5.41, 5.74) is 0. The summed E-state index contributed by atoms with van der Waals surface area (Å²) in [6.45, 7) is 2.02. The molecule has 4 heteroatoms. The number of amides is 1. The number of thiophene rings is 1. The van der Waals surface area contributed by atoms with Crippen molar-refractivity contribution in [2.45, 2.75) is 13.0 Å². The summed E-state index contributed by atoms with van der Waals surface area (Å²) in [6, 6.07) is 7.72. The van der Waals surface area contributed by atoms with Crippen LogP contribution in [0.2, 0.25) is 0 Å². The van der Waals surface area contributed by atoms with Crippen molar-refractivity contribution in [2.75, 3.05) is 7.05 Å². The van der Waals surface area contributed by atoms with Gasteiger partial charge in [-0.3, -0.25) is 4.79 Å². The highest BCUT2D eigenvalue weighted by Crippen LogP contribution is 2.23.